The zero-order valence-corrected chi connectivity index (χ0v) is 14.5. The molecule has 0 saturated carbocycles. The molecule has 1 N–H and O–H groups in total. The number of nitrogens with zero attached hydrogens (tertiary/aromatic N) is 1. The highest BCUT2D eigenvalue weighted by molar-refractivity contribution is 5.93. The molecule has 118 valence electrons. The van der Waals surface area contributed by atoms with Crippen molar-refractivity contribution in [1.29, 1.82) is 0 Å². The molecule has 0 spiro atoms. The van der Waals surface area contributed by atoms with Gasteiger partial charge in [0.1, 0.15) is 0 Å². The van der Waals surface area contributed by atoms with Gasteiger partial charge in [-0.05, 0) is 48.1 Å². The third-order valence-electron chi connectivity index (χ3n) is 5.19. The molecule has 1 aromatic heterocycles. The van der Waals surface area contributed by atoms with Gasteiger partial charge in [-0.3, -0.25) is 4.90 Å². The van der Waals surface area contributed by atoms with Crippen LogP contribution in [0.4, 0.5) is 0 Å². The molecule has 1 saturated heterocycles. The zero-order chi connectivity index (χ0) is 15.9. The molecule has 2 unspecified atom stereocenters. The van der Waals surface area contributed by atoms with E-state index in [1.165, 1.54) is 28.6 Å². The number of hydrogen-bond acceptors (Lipinski definition) is 1. The number of hydrogen-bond donors (Lipinski definition) is 1. The van der Waals surface area contributed by atoms with Gasteiger partial charge in [-0.25, -0.2) is 0 Å². The van der Waals surface area contributed by atoms with Gasteiger partial charge in [0.25, 0.3) is 0 Å². The van der Waals surface area contributed by atoms with Gasteiger partial charge in [-0.1, -0.05) is 45.9 Å². The second kappa shape index (κ2) is 5.92. The maximum atomic E-state index is 3.43. The Bertz CT molecular complexity index is 693. The minimum Gasteiger partial charge on any atom is -0.361 e. The van der Waals surface area contributed by atoms with Crippen LogP contribution in [0, 0.1) is 11.8 Å². The molecule has 2 aliphatic rings. The van der Waals surface area contributed by atoms with E-state index < -0.39 is 0 Å². The van der Waals surface area contributed by atoms with Crippen LogP contribution in [0.3, 0.4) is 0 Å². The number of H-pyrrole nitrogens is 1. The Morgan fingerprint density at radius 3 is 2.73 bits per heavy atom. The Labute approximate surface area is 134 Å². The maximum absolute atomic E-state index is 3.43. The summed E-state index contributed by atoms with van der Waals surface area (Å²) in [6.45, 7) is 9.91. The smallest absolute Gasteiger partial charge is 0.0462 e. The van der Waals surface area contributed by atoms with E-state index in [2.05, 4.69) is 61.3 Å². The molecular formula is C20H28N2. The molecule has 2 heterocycles. The lowest BCUT2D eigenvalue weighted by Crippen LogP contribution is -2.27. The Hall–Kier alpha value is -1.54. The predicted molar refractivity (Wildman–Crippen MR) is 96.1 cm³/mol. The Morgan fingerprint density at radius 1 is 1.23 bits per heavy atom. The zero-order valence-electron chi connectivity index (χ0n) is 14.5. The Morgan fingerprint density at radius 2 is 2.00 bits per heavy atom. The molecule has 2 heteroatoms. The van der Waals surface area contributed by atoms with E-state index in [0.29, 0.717) is 17.9 Å². The number of rotatable bonds is 1. The van der Waals surface area contributed by atoms with Gasteiger partial charge < -0.3 is 4.98 Å². The lowest BCUT2D eigenvalue weighted by molar-refractivity contribution is 0.304. The second-order valence-electron chi connectivity index (χ2n) is 6.74. The SMILES string of the molecule is CC.CC(C)C1CN(C)C2Cc3c[nH]c4cccc(c34)C=C12. The summed E-state index contributed by atoms with van der Waals surface area (Å²) >= 11 is 0. The molecule has 2 aromatic rings. The van der Waals surface area contributed by atoms with Gasteiger partial charge >= 0.3 is 0 Å². The maximum Gasteiger partial charge on any atom is 0.0462 e. The molecule has 0 amide bonds. The summed E-state index contributed by atoms with van der Waals surface area (Å²) < 4.78 is 0. The topological polar surface area (TPSA) is 19.0 Å². The van der Waals surface area contributed by atoms with Crippen molar-refractivity contribution < 1.29 is 0 Å². The van der Waals surface area contributed by atoms with Crippen molar-refractivity contribution in [2.24, 2.45) is 11.8 Å². The summed E-state index contributed by atoms with van der Waals surface area (Å²) in [5, 5.41) is 1.44. The van der Waals surface area contributed by atoms with E-state index in [1.807, 2.05) is 13.8 Å². The van der Waals surface area contributed by atoms with E-state index in [9.17, 15) is 0 Å². The Balaban J connectivity index is 0.000000693. The Kier molecular flexibility index (Phi) is 4.14. The van der Waals surface area contributed by atoms with Crippen molar-refractivity contribution in [3.05, 3.63) is 41.1 Å². The van der Waals surface area contributed by atoms with Gasteiger partial charge in [-0.2, -0.15) is 0 Å². The highest BCUT2D eigenvalue weighted by Gasteiger charge is 2.37. The molecule has 2 nitrogen and oxygen atoms in total. The number of fused-ring (bicyclic) bond motifs is 1. The monoisotopic (exact) mass is 296 g/mol. The molecule has 22 heavy (non-hydrogen) atoms. The summed E-state index contributed by atoms with van der Waals surface area (Å²) in [6, 6.07) is 7.20. The van der Waals surface area contributed by atoms with Crippen molar-refractivity contribution in [2.75, 3.05) is 13.6 Å². The van der Waals surface area contributed by atoms with E-state index in [4.69, 9.17) is 0 Å². The number of likely N-dealkylation sites (N-methyl/N-ethyl adjacent to an activating group) is 1. The molecule has 1 fully saturated rings. The summed E-state index contributed by atoms with van der Waals surface area (Å²) in [5.74, 6) is 1.42. The largest absolute Gasteiger partial charge is 0.361 e. The summed E-state index contributed by atoms with van der Waals surface area (Å²) in [6.07, 6.45) is 5.83. The number of aromatic nitrogens is 1. The summed E-state index contributed by atoms with van der Waals surface area (Å²) in [5.41, 5.74) is 5.80. The number of likely N-dealkylation sites (tertiary alicyclic amines) is 1. The number of benzene rings is 1. The second-order valence-corrected chi connectivity index (χ2v) is 6.74. The first-order chi connectivity index (χ1) is 10.6. The van der Waals surface area contributed by atoms with Crippen molar-refractivity contribution in [1.82, 2.24) is 9.88 Å². The highest BCUT2D eigenvalue weighted by Crippen LogP contribution is 2.40. The van der Waals surface area contributed by atoms with Gasteiger partial charge in [0.2, 0.25) is 0 Å². The van der Waals surface area contributed by atoms with Crippen molar-refractivity contribution in [3.8, 4) is 0 Å². The third-order valence-corrected chi connectivity index (χ3v) is 5.19. The predicted octanol–water partition coefficient (Wildman–Crippen LogP) is 4.72. The van der Waals surface area contributed by atoms with E-state index in [1.54, 1.807) is 5.57 Å². The van der Waals surface area contributed by atoms with Gasteiger partial charge in [0.15, 0.2) is 0 Å². The molecule has 2 atom stereocenters. The molecular weight excluding hydrogens is 268 g/mol. The molecule has 1 aliphatic heterocycles. The molecule has 0 radical (unpaired) electrons. The standard InChI is InChI=1S/C18H22N2.C2H6/c1-11(2)15-10-20(3)17-8-13-9-19-16-6-4-5-12(18(13)16)7-14(15)17;1-2/h4-7,9,11,15,17,19H,8,10H2,1-3H3;1-2H3. The first kappa shape index (κ1) is 15.4. The first-order valence-electron chi connectivity index (χ1n) is 8.66. The van der Waals surface area contributed by atoms with Crippen molar-refractivity contribution >= 4 is 17.0 Å². The van der Waals surface area contributed by atoms with Crippen LogP contribution in [-0.2, 0) is 6.42 Å². The molecule has 1 aromatic carbocycles. The van der Waals surface area contributed by atoms with Gasteiger partial charge in [0.05, 0.1) is 0 Å². The lowest BCUT2D eigenvalue weighted by Gasteiger charge is -2.19. The quantitative estimate of drug-likeness (QED) is 0.806. The third kappa shape index (κ3) is 2.30. The van der Waals surface area contributed by atoms with Gasteiger partial charge in [-0.15, -0.1) is 0 Å². The first-order valence-corrected chi connectivity index (χ1v) is 8.66. The minimum absolute atomic E-state index is 0.578. The van der Waals surface area contributed by atoms with E-state index in [0.717, 1.165) is 6.42 Å². The van der Waals surface area contributed by atoms with Crippen molar-refractivity contribution in [3.63, 3.8) is 0 Å². The highest BCUT2D eigenvalue weighted by atomic mass is 15.2. The normalized spacial score (nSPS) is 23.8. The van der Waals surface area contributed by atoms with E-state index in [-0.39, 0.29) is 0 Å². The minimum atomic E-state index is 0.578. The van der Waals surface area contributed by atoms with Crippen LogP contribution in [-0.4, -0.2) is 29.5 Å². The fourth-order valence-corrected chi connectivity index (χ4v) is 4.07. The lowest BCUT2D eigenvalue weighted by atomic mass is 9.87. The summed E-state index contributed by atoms with van der Waals surface area (Å²) in [7, 11) is 2.28. The molecule has 1 aliphatic carbocycles. The van der Waals surface area contributed by atoms with Crippen molar-refractivity contribution in [2.45, 2.75) is 40.2 Å². The van der Waals surface area contributed by atoms with Crippen LogP contribution in [0.15, 0.2) is 30.0 Å². The van der Waals surface area contributed by atoms with Gasteiger partial charge in [0, 0.05) is 29.7 Å². The fraction of sp³-hybridized carbons (Fsp3) is 0.500. The van der Waals surface area contributed by atoms with Crippen LogP contribution >= 0.6 is 0 Å². The van der Waals surface area contributed by atoms with Crippen LogP contribution in [0.5, 0.6) is 0 Å². The average Bonchev–Trinajstić information content (AvgIpc) is 3.00. The molecule has 4 rings (SSSR count). The number of aromatic amines is 1. The molecule has 0 bridgehead atoms. The summed E-state index contributed by atoms with van der Waals surface area (Å²) in [4.78, 5) is 5.97. The van der Waals surface area contributed by atoms with Crippen LogP contribution in [0.2, 0.25) is 0 Å². The average molecular weight is 296 g/mol. The van der Waals surface area contributed by atoms with Crippen LogP contribution in [0.1, 0.15) is 38.8 Å². The van der Waals surface area contributed by atoms with Crippen LogP contribution in [0.25, 0.3) is 17.0 Å². The number of nitrogens with one attached hydrogen (secondary N) is 1. The van der Waals surface area contributed by atoms with Crippen LogP contribution < -0.4 is 0 Å². The van der Waals surface area contributed by atoms with E-state index >= 15 is 0 Å². The fourth-order valence-electron chi connectivity index (χ4n) is 4.07.